The third kappa shape index (κ3) is 5.64. The van der Waals surface area contributed by atoms with Gasteiger partial charge in [0.2, 0.25) is 11.8 Å². The van der Waals surface area contributed by atoms with Crippen LogP contribution in [0.1, 0.15) is 27.9 Å². The molecule has 0 unspecified atom stereocenters. The van der Waals surface area contributed by atoms with Gasteiger partial charge in [-0.25, -0.2) is 13.8 Å². The fourth-order valence-electron chi connectivity index (χ4n) is 2.78. The summed E-state index contributed by atoms with van der Waals surface area (Å²) in [5, 5.41) is 14.3. The lowest BCUT2D eigenvalue weighted by molar-refractivity contribution is -0.116. The van der Waals surface area contributed by atoms with Crippen LogP contribution in [-0.4, -0.2) is 23.3 Å². The smallest absolute Gasteiger partial charge is 0.254 e. The summed E-state index contributed by atoms with van der Waals surface area (Å²) in [7, 11) is 0. The number of rotatable bonds is 7. The van der Waals surface area contributed by atoms with E-state index in [0.29, 0.717) is 28.6 Å². The van der Waals surface area contributed by atoms with Gasteiger partial charge in [-0.05, 0) is 55.0 Å². The van der Waals surface area contributed by atoms with Gasteiger partial charge < -0.3 is 15.4 Å². The van der Waals surface area contributed by atoms with Crippen molar-refractivity contribution in [2.75, 3.05) is 11.9 Å². The number of benzene rings is 2. The predicted octanol–water partition coefficient (Wildman–Crippen LogP) is 4.09. The summed E-state index contributed by atoms with van der Waals surface area (Å²) in [6.07, 6.45) is 1.46. The number of hydrogen-bond acceptors (Lipinski definition) is 5. The van der Waals surface area contributed by atoms with Crippen LogP contribution in [0, 0.1) is 29.9 Å². The quantitative estimate of drug-likeness (QED) is 0.581. The highest BCUT2D eigenvalue weighted by Gasteiger charge is 2.13. The van der Waals surface area contributed by atoms with Crippen molar-refractivity contribution in [2.45, 2.75) is 13.3 Å². The SMILES string of the molecule is Cc1cc(Oc2ncccc2C#N)ccc1NC(=O)CCNC(=O)c1ccc(F)cc1F. The van der Waals surface area contributed by atoms with Crippen molar-refractivity contribution in [2.24, 2.45) is 0 Å². The summed E-state index contributed by atoms with van der Waals surface area (Å²) >= 11 is 0. The number of aryl methyl sites for hydroxylation is 1. The molecule has 0 fully saturated rings. The molecular formula is C23H18F2N4O3. The number of aromatic nitrogens is 1. The number of halogens is 2. The van der Waals surface area contributed by atoms with Crippen molar-refractivity contribution in [1.82, 2.24) is 10.3 Å². The molecule has 0 aliphatic heterocycles. The molecule has 0 aliphatic rings. The molecule has 0 bridgehead atoms. The molecule has 0 saturated heterocycles. The van der Waals surface area contributed by atoms with E-state index in [1.165, 1.54) is 6.20 Å². The number of anilines is 1. The fourth-order valence-corrected chi connectivity index (χ4v) is 2.78. The van der Waals surface area contributed by atoms with Crippen LogP contribution in [0.4, 0.5) is 14.5 Å². The molecule has 2 N–H and O–H groups in total. The second kappa shape index (κ2) is 10.1. The molecule has 162 valence electrons. The van der Waals surface area contributed by atoms with Crippen LogP contribution in [0.25, 0.3) is 0 Å². The lowest BCUT2D eigenvalue weighted by atomic mass is 10.2. The van der Waals surface area contributed by atoms with Crippen molar-refractivity contribution in [3.05, 3.63) is 83.1 Å². The molecule has 0 radical (unpaired) electrons. The first-order chi connectivity index (χ1) is 15.4. The van der Waals surface area contributed by atoms with Crippen LogP contribution in [0.5, 0.6) is 11.6 Å². The molecule has 0 atom stereocenters. The van der Waals surface area contributed by atoms with Gasteiger partial charge in [-0.3, -0.25) is 9.59 Å². The zero-order valence-corrected chi connectivity index (χ0v) is 17.0. The van der Waals surface area contributed by atoms with Crippen molar-refractivity contribution in [1.29, 1.82) is 5.26 Å². The van der Waals surface area contributed by atoms with Gasteiger partial charge >= 0.3 is 0 Å². The van der Waals surface area contributed by atoms with Gasteiger partial charge in [0, 0.05) is 30.9 Å². The maximum Gasteiger partial charge on any atom is 0.254 e. The van der Waals surface area contributed by atoms with E-state index in [-0.39, 0.29) is 30.3 Å². The second-order valence-corrected chi connectivity index (χ2v) is 6.72. The van der Waals surface area contributed by atoms with Crippen LogP contribution in [0.3, 0.4) is 0 Å². The van der Waals surface area contributed by atoms with Crippen LogP contribution >= 0.6 is 0 Å². The van der Waals surface area contributed by atoms with Gasteiger partial charge in [0.05, 0.1) is 5.56 Å². The fraction of sp³-hybridized carbons (Fsp3) is 0.130. The molecule has 7 nitrogen and oxygen atoms in total. The topological polar surface area (TPSA) is 104 Å². The van der Waals surface area contributed by atoms with Gasteiger partial charge in [0.15, 0.2) is 0 Å². The van der Waals surface area contributed by atoms with E-state index in [1.807, 2.05) is 6.07 Å². The Kier molecular flexibility index (Phi) is 7.08. The molecule has 1 aromatic heterocycles. The predicted molar refractivity (Wildman–Crippen MR) is 112 cm³/mol. The Morgan fingerprint density at radius 2 is 1.97 bits per heavy atom. The molecular weight excluding hydrogens is 418 g/mol. The highest BCUT2D eigenvalue weighted by atomic mass is 19.1. The summed E-state index contributed by atoms with van der Waals surface area (Å²) in [4.78, 5) is 28.2. The molecule has 0 spiro atoms. The molecule has 0 aliphatic carbocycles. The van der Waals surface area contributed by atoms with Gasteiger partial charge in [0.1, 0.15) is 29.0 Å². The number of nitrogens with one attached hydrogen (secondary N) is 2. The minimum atomic E-state index is -0.975. The average molecular weight is 436 g/mol. The molecule has 3 rings (SSSR count). The van der Waals surface area contributed by atoms with E-state index < -0.39 is 17.5 Å². The minimum absolute atomic E-state index is 0.0294. The summed E-state index contributed by atoms with van der Waals surface area (Å²) in [6, 6.07) is 12.8. The Morgan fingerprint density at radius 1 is 1.16 bits per heavy atom. The number of ether oxygens (including phenoxy) is 1. The van der Waals surface area contributed by atoms with Crippen molar-refractivity contribution in [3.63, 3.8) is 0 Å². The van der Waals surface area contributed by atoms with E-state index in [9.17, 15) is 18.4 Å². The normalized spacial score (nSPS) is 10.2. The number of carbonyl (C=O) groups excluding carboxylic acids is 2. The van der Waals surface area contributed by atoms with Crippen LogP contribution in [0.15, 0.2) is 54.7 Å². The first kappa shape index (κ1) is 22.4. The number of carbonyl (C=O) groups is 2. The number of amides is 2. The summed E-state index contributed by atoms with van der Waals surface area (Å²) in [5.41, 5.74) is 1.25. The maximum absolute atomic E-state index is 13.6. The summed E-state index contributed by atoms with van der Waals surface area (Å²) in [6.45, 7) is 1.74. The van der Waals surface area contributed by atoms with Crippen LogP contribution < -0.4 is 15.4 Å². The van der Waals surface area contributed by atoms with Crippen molar-refractivity contribution < 1.29 is 23.1 Å². The van der Waals surface area contributed by atoms with Gasteiger partial charge in [-0.15, -0.1) is 0 Å². The summed E-state index contributed by atoms with van der Waals surface area (Å²) < 4.78 is 32.2. The first-order valence-electron chi connectivity index (χ1n) is 9.54. The highest BCUT2D eigenvalue weighted by molar-refractivity contribution is 5.95. The van der Waals surface area contributed by atoms with Crippen LogP contribution in [-0.2, 0) is 4.79 Å². The van der Waals surface area contributed by atoms with E-state index in [0.717, 1.165) is 12.1 Å². The van der Waals surface area contributed by atoms with E-state index >= 15 is 0 Å². The summed E-state index contributed by atoms with van der Waals surface area (Å²) in [5.74, 6) is -2.23. The number of nitriles is 1. The Labute approximate surface area is 182 Å². The molecule has 2 aromatic carbocycles. The zero-order valence-electron chi connectivity index (χ0n) is 17.0. The molecule has 2 amide bonds. The standard InChI is InChI=1S/C23H18F2N4O3/c1-14-11-17(32-23-15(13-26)3-2-9-28-23)5-7-20(14)29-21(30)8-10-27-22(31)18-6-4-16(24)12-19(18)25/h2-7,9,11-12H,8,10H2,1H3,(H,27,31)(H,29,30). The Balaban J connectivity index is 1.54. The Hall–Kier alpha value is -4.32. The third-order valence-electron chi connectivity index (χ3n) is 4.39. The van der Waals surface area contributed by atoms with Crippen LogP contribution in [0.2, 0.25) is 0 Å². The Bertz CT molecular complexity index is 1210. The van der Waals surface area contributed by atoms with Gasteiger partial charge in [0.25, 0.3) is 5.91 Å². The third-order valence-corrected chi connectivity index (χ3v) is 4.39. The molecule has 3 aromatic rings. The number of hydrogen-bond donors (Lipinski definition) is 2. The van der Waals surface area contributed by atoms with E-state index in [4.69, 9.17) is 10.00 Å². The van der Waals surface area contributed by atoms with E-state index in [1.54, 1.807) is 37.3 Å². The van der Waals surface area contributed by atoms with Gasteiger partial charge in [-0.1, -0.05) is 0 Å². The maximum atomic E-state index is 13.6. The molecule has 0 saturated carbocycles. The first-order valence-corrected chi connectivity index (χ1v) is 9.54. The van der Waals surface area contributed by atoms with Crippen molar-refractivity contribution in [3.8, 4) is 17.7 Å². The zero-order chi connectivity index (χ0) is 23.1. The monoisotopic (exact) mass is 436 g/mol. The van der Waals surface area contributed by atoms with Crippen molar-refractivity contribution >= 4 is 17.5 Å². The number of pyridine rings is 1. The minimum Gasteiger partial charge on any atom is -0.438 e. The molecule has 32 heavy (non-hydrogen) atoms. The second-order valence-electron chi connectivity index (χ2n) is 6.72. The largest absolute Gasteiger partial charge is 0.438 e. The number of nitrogens with zero attached hydrogens (tertiary/aromatic N) is 2. The lowest BCUT2D eigenvalue weighted by Gasteiger charge is -2.12. The Morgan fingerprint density at radius 3 is 2.69 bits per heavy atom. The van der Waals surface area contributed by atoms with E-state index in [2.05, 4.69) is 15.6 Å². The van der Waals surface area contributed by atoms with Gasteiger partial charge in [-0.2, -0.15) is 5.26 Å². The molecule has 9 heteroatoms. The average Bonchev–Trinajstić information content (AvgIpc) is 2.76. The molecule has 1 heterocycles. The lowest BCUT2D eigenvalue weighted by Crippen LogP contribution is -2.28. The highest BCUT2D eigenvalue weighted by Crippen LogP contribution is 2.26.